The number of ether oxygens (including phenoxy) is 1. The number of rotatable bonds is 4. The van der Waals surface area contributed by atoms with Gasteiger partial charge in [0.15, 0.2) is 5.65 Å². The van der Waals surface area contributed by atoms with Gasteiger partial charge in [-0.15, -0.1) is 0 Å². The van der Waals surface area contributed by atoms with E-state index in [1.165, 1.54) is 0 Å². The predicted molar refractivity (Wildman–Crippen MR) is 95.6 cm³/mol. The van der Waals surface area contributed by atoms with E-state index in [9.17, 15) is 4.79 Å². The summed E-state index contributed by atoms with van der Waals surface area (Å²) in [5.41, 5.74) is 2.69. The van der Waals surface area contributed by atoms with Crippen molar-refractivity contribution in [2.75, 3.05) is 0 Å². The normalized spacial score (nSPS) is 11.7. The predicted octanol–water partition coefficient (Wildman–Crippen LogP) is 4.45. The number of carbonyl (C=O) groups is 1. The highest BCUT2D eigenvalue weighted by Crippen LogP contribution is 2.30. The van der Waals surface area contributed by atoms with Crippen molar-refractivity contribution in [3.8, 4) is 11.3 Å². The van der Waals surface area contributed by atoms with Crippen LogP contribution in [0.2, 0.25) is 0 Å². The summed E-state index contributed by atoms with van der Waals surface area (Å²) in [7, 11) is 0. The van der Waals surface area contributed by atoms with Crippen LogP contribution in [0.1, 0.15) is 55.6 Å². The zero-order valence-electron chi connectivity index (χ0n) is 15.5. The lowest BCUT2D eigenvalue weighted by molar-refractivity contribution is 0.0380. The van der Waals surface area contributed by atoms with Crippen molar-refractivity contribution in [1.29, 1.82) is 0 Å². The zero-order chi connectivity index (χ0) is 18.3. The smallest absolute Gasteiger partial charge is 0.339 e. The molecule has 0 N–H and O–H groups in total. The minimum Gasteiger partial charge on any atom is -0.466 e. The number of carbonyl (C=O) groups excluding carboxylic acids is 1. The summed E-state index contributed by atoms with van der Waals surface area (Å²) in [6, 6.07) is 3.81. The topological polar surface area (TPSA) is 70.2 Å². The number of hydrogen-bond donors (Lipinski definition) is 0. The standard InChI is InChI=1S/C19H23N3O3/c1-10(2)22-18-16(9-20-22)15(19(23)24-11(3)4)8-17(21-18)14-7-12(5)25-13(14)6/h7-11H,1-6H3. The molecule has 3 aromatic heterocycles. The number of hydrogen-bond acceptors (Lipinski definition) is 5. The third-order valence-corrected chi connectivity index (χ3v) is 3.94. The summed E-state index contributed by atoms with van der Waals surface area (Å²) in [5.74, 6) is 1.20. The Kier molecular flexibility index (Phi) is 4.37. The second-order valence-corrected chi connectivity index (χ2v) is 6.76. The first-order valence-corrected chi connectivity index (χ1v) is 8.44. The Labute approximate surface area is 146 Å². The molecule has 6 nitrogen and oxygen atoms in total. The monoisotopic (exact) mass is 341 g/mol. The highest BCUT2D eigenvalue weighted by Gasteiger charge is 2.21. The third kappa shape index (κ3) is 3.16. The summed E-state index contributed by atoms with van der Waals surface area (Å²) in [5, 5.41) is 5.10. The van der Waals surface area contributed by atoms with E-state index in [-0.39, 0.29) is 18.1 Å². The number of aryl methyl sites for hydroxylation is 2. The lowest BCUT2D eigenvalue weighted by Crippen LogP contribution is -2.13. The van der Waals surface area contributed by atoms with Crippen LogP contribution in [0.5, 0.6) is 0 Å². The molecule has 25 heavy (non-hydrogen) atoms. The molecular formula is C19H23N3O3. The van der Waals surface area contributed by atoms with Crippen LogP contribution in [0.25, 0.3) is 22.3 Å². The van der Waals surface area contributed by atoms with Gasteiger partial charge >= 0.3 is 5.97 Å². The lowest BCUT2D eigenvalue weighted by Gasteiger charge is -2.11. The van der Waals surface area contributed by atoms with Crippen molar-refractivity contribution >= 4 is 17.0 Å². The molecule has 0 aliphatic rings. The Morgan fingerprint density at radius 3 is 2.48 bits per heavy atom. The van der Waals surface area contributed by atoms with Gasteiger partial charge in [-0.3, -0.25) is 0 Å². The maximum Gasteiger partial charge on any atom is 0.339 e. The quantitative estimate of drug-likeness (QED) is 0.656. The Bertz CT molecular complexity index is 935. The van der Waals surface area contributed by atoms with Crippen LogP contribution in [0.3, 0.4) is 0 Å². The second kappa shape index (κ2) is 6.35. The van der Waals surface area contributed by atoms with E-state index in [0.717, 1.165) is 17.1 Å². The molecule has 0 atom stereocenters. The number of aromatic nitrogens is 3. The Balaban J connectivity index is 2.26. The highest BCUT2D eigenvalue weighted by molar-refractivity contribution is 6.03. The van der Waals surface area contributed by atoms with Crippen LogP contribution < -0.4 is 0 Å². The molecule has 0 spiro atoms. The first-order valence-electron chi connectivity index (χ1n) is 8.44. The molecule has 0 fully saturated rings. The molecule has 0 unspecified atom stereocenters. The van der Waals surface area contributed by atoms with Crippen molar-refractivity contribution in [2.24, 2.45) is 0 Å². The Hall–Kier alpha value is -2.63. The molecule has 0 radical (unpaired) electrons. The van der Waals surface area contributed by atoms with Gasteiger partial charge in [0.2, 0.25) is 0 Å². The van der Waals surface area contributed by atoms with E-state index in [2.05, 4.69) is 5.10 Å². The van der Waals surface area contributed by atoms with Gasteiger partial charge < -0.3 is 9.15 Å². The molecule has 132 valence electrons. The van der Waals surface area contributed by atoms with E-state index in [1.807, 2.05) is 52.3 Å². The number of fused-ring (bicyclic) bond motifs is 1. The maximum absolute atomic E-state index is 12.6. The van der Waals surface area contributed by atoms with E-state index in [4.69, 9.17) is 14.1 Å². The Morgan fingerprint density at radius 2 is 1.92 bits per heavy atom. The van der Waals surface area contributed by atoms with Gasteiger partial charge in [0, 0.05) is 11.6 Å². The van der Waals surface area contributed by atoms with Gasteiger partial charge in [-0.1, -0.05) is 0 Å². The second-order valence-electron chi connectivity index (χ2n) is 6.76. The van der Waals surface area contributed by atoms with Crippen molar-refractivity contribution < 1.29 is 13.9 Å². The van der Waals surface area contributed by atoms with E-state index in [0.29, 0.717) is 22.3 Å². The van der Waals surface area contributed by atoms with Crippen LogP contribution in [0.4, 0.5) is 0 Å². The van der Waals surface area contributed by atoms with Gasteiger partial charge in [-0.2, -0.15) is 5.10 Å². The molecule has 0 aromatic carbocycles. The first-order chi connectivity index (χ1) is 11.8. The lowest BCUT2D eigenvalue weighted by atomic mass is 10.1. The number of furan rings is 1. The summed E-state index contributed by atoms with van der Waals surface area (Å²) >= 11 is 0. The molecular weight excluding hydrogens is 318 g/mol. The maximum atomic E-state index is 12.6. The first kappa shape index (κ1) is 17.2. The molecule has 3 rings (SSSR count). The average molecular weight is 341 g/mol. The van der Waals surface area contributed by atoms with Gasteiger partial charge in [0.05, 0.1) is 28.9 Å². The van der Waals surface area contributed by atoms with E-state index in [1.54, 1.807) is 12.3 Å². The van der Waals surface area contributed by atoms with Crippen molar-refractivity contribution in [3.05, 3.63) is 35.4 Å². The Morgan fingerprint density at radius 1 is 1.20 bits per heavy atom. The van der Waals surface area contributed by atoms with Crippen molar-refractivity contribution in [1.82, 2.24) is 14.8 Å². The fourth-order valence-electron chi connectivity index (χ4n) is 2.87. The summed E-state index contributed by atoms with van der Waals surface area (Å²) in [6.45, 7) is 11.5. The molecule has 0 aliphatic carbocycles. The van der Waals surface area contributed by atoms with Crippen LogP contribution in [0.15, 0.2) is 22.7 Å². The molecule has 0 bridgehead atoms. The highest BCUT2D eigenvalue weighted by atomic mass is 16.5. The molecule has 0 amide bonds. The summed E-state index contributed by atoms with van der Waals surface area (Å²) in [4.78, 5) is 17.4. The summed E-state index contributed by atoms with van der Waals surface area (Å²) in [6.07, 6.45) is 1.48. The molecule has 0 saturated carbocycles. The fourth-order valence-corrected chi connectivity index (χ4v) is 2.87. The van der Waals surface area contributed by atoms with Crippen LogP contribution in [-0.2, 0) is 4.74 Å². The van der Waals surface area contributed by atoms with Gasteiger partial charge in [-0.25, -0.2) is 14.5 Å². The fraction of sp³-hybridized carbons (Fsp3) is 0.421. The average Bonchev–Trinajstić information content (AvgIpc) is 3.08. The van der Waals surface area contributed by atoms with Gasteiger partial charge in [0.25, 0.3) is 0 Å². The van der Waals surface area contributed by atoms with Crippen LogP contribution >= 0.6 is 0 Å². The molecule has 0 aliphatic heterocycles. The SMILES string of the molecule is Cc1cc(-c2cc(C(=O)OC(C)C)c3cnn(C(C)C)c3n2)c(C)o1. The largest absolute Gasteiger partial charge is 0.466 e. The van der Waals surface area contributed by atoms with Gasteiger partial charge in [0.1, 0.15) is 11.5 Å². The van der Waals surface area contributed by atoms with Gasteiger partial charge in [-0.05, 0) is 53.7 Å². The number of pyridine rings is 1. The zero-order valence-corrected chi connectivity index (χ0v) is 15.5. The van der Waals surface area contributed by atoms with E-state index < -0.39 is 0 Å². The number of nitrogens with zero attached hydrogens (tertiary/aromatic N) is 3. The molecule has 6 heteroatoms. The van der Waals surface area contributed by atoms with Crippen molar-refractivity contribution in [3.63, 3.8) is 0 Å². The molecule has 0 saturated heterocycles. The minimum atomic E-state index is -0.371. The molecule has 3 heterocycles. The van der Waals surface area contributed by atoms with Crippen molar-refractivity contribution in [2.45, 2.75) is 53.7 Å². The van der Waals surface area contributed by atoms with E-state index >= 15 is 0 Å². The summed E-state index contributed by atoms with van der Waals surface area (Å²) < 4.78 is 12.9. The molecule has 3 aromatic rings. The van der Waals surface area contributed by atoms with Crippen LogP contribution in [-0.4, -0.2) is 26.8 Å². The number of esters is 1. The van der Waals surface area contributed by atoms with Crippen LogP contribution in [0, 0.1) is 13.8 Å². The minimum absolute atomic E-state index is 0.126. The third-order valence-electron chi connectivity index (χ3n) is 3.94.